The predicted octanol–water partition coefficient (Wildman–Crippen LogP) is 1.99. The molecule has 0 saturated carbocycles. The molecule has 0 bridgehead atoms. The highest BCUT2D eigenvalue weighted by Crippen LogP contribution is 2.10. The first-order valence-corrected chi connectivity index (χ1v) is 7.34. The van der Waals surface area contributed by atoms with E-state index in [0.29, 0.717) is 18.5 Å². The molecule has 0 aromatic carbocycles. The van der Waals surface area contributed by atoms with Crippen molar-refractivity contribution < 1.29 is 4.42 Å². The second-order valence-electron chi connectivity index (χ2n) is 4.24. The number of anilines is 1. The molecule has 2 heterocycles. The van der Waals surface area contributed by atoms with Crippen LogP contribution in [0.15, 0.2) is 9.80 Å². The molecule has 0 unspecified atom stereocenters. The summed E-state index contributed by atoms with van der Waals surface area (Å²) in [6, 6.07) is 0.474. The number of hydrogen-bond donors (Lipinski definition) is 2. The maximum atomic E-state index is 5.46. The van der Waals surface area contributed by atoms with E-state index in [4.69, 9.17) is 4.42 Å². The Morgan fingerprint density at radius 1 is 1.32 bits per heavy atom. The molecular weight excluding hydrogens is 262 g/mol. The van der Waals surface area contributed by atoms with E-state index >= 15 is 0 Å². The minimum Gasteiger partial charge on any atom is -0.407 e. The van der Waals surface area contributed by atoms with Crippen molar-refractivity contribution >= 4 is 17.4 Å². The number of thiazole rings is 1. The first kappa shape index (κ1) is 14.0. The van der Waals surface area contributed by atoms with Gasteiger partial charge in [-0.05, 0) is 19.9 Å². The molecule has 0 radical (unpaired) electrons. The molecule has 0 fully saturated rings. The molecule has 0 saturated heterocycles. The van der Waals surface area contributed by atoms with Crippen LogP contribution in [0.2, 0.25) is 0 Å². The molecule has 0 amide bonds. The van der Waals surface area contributed by atoms with Gasteiger partial charge in [0.1, 0.15) is 0 Å². The van der Waals surface area contributed by atoms with Crippen molar-refractivity contribution in [3.05, 3.63) is 22.0 Å². The molecule has 0 atom stereocenters. The molecule has 6 nitrogen and oxygen atoms in total. The van der Waals surface area contributed by atoms with Gasteiger partial charge in [0.05, 0.1) is 11.6 Å². The third-order valence-electron chi connectivity index (χ3n) is 2.45. The third-order valence-corrected chi connectivity index (χ3v) is 3.48. The summed E-state index contributed by atoms with van der Waals surface area (Å²) in [5.74, 6) is 0.612. The van der Waals surface area contributed by atoms with Crippen LogP contribution in [0.25, 0.3) is 0 Å². The summed E-state index contributed by atoms with van der Waals surface area (Å²) in [5.41, 5.74) is 1.07. The monoisotopic (exact) mass is 281 g/mol. The number of rotatable bonds is 8. The van der Waals surface area contributed by atoms with E-state index in [9.17, 15) is 0 Å². The lowest BCUT2D eigenvalue weighted by Gasteiger charge is -1.99. The van der Waals surface area contributed by atoms with Crippen molar-refractivity contribution in [2.75, 3.05) is 18.4 Å². The lowest BCUT2D eigenvalue weighted by atomic mass is 10.4. The number of aromatic nitrogens is 3. The number of hydrogen-bond acceptors (Lipinski definition) is 7. The number of nitrogens with one attached hydrogen (secondary N) is 2. The van der Waals surface area contributed by atoms with Crippen LogP contribution in [0.1, 0.15) is 29.9 Å². The van der Waals surface area contributed by atoms with Gasteiger partial charge in [0.25, 0.3) is 0 Å². The molecule has 0 aliphatic heterocycles. The van der Waals surface area contributed by atoms with Gasteiger partial charge in [-0.3, -0.25) is 0 Å². The maximum Gasteiger partial charge on any atom is 0.315 e. The standard InChI is InChI=1S/C12H19N5OS/c1-3-5-13-7-10-16-17-12(18-10)14-6-4-11-15-9(2)8-19-11/h8,13H,3-7H2,1-2H3,(H,14,17). The van der Waals surface area contributed by atoms with E-state index < -0.39 is 0 Å². The van der Waals surface area contributed by atoms with Crippen molar-refractivity contribution in [1.29, 1.82) is 0 Å². The van der Waals surface area contributed by atoms with Gasteiger partial charge in [-0.2, -0.15) is 0 Å². The number of nitrogens with zero attached hydrogens (tertiary/aromatic N) is 3. The molecule has 0 aliphatic carbocycles. The zero-order valence-electron chi connectivity index (χ0n) is 11.3. The zero-order chi connectivity index (χ0) is 13.5. The highest BCUT2D eigenvalue weighted by Gasteiger charge is 2.05. The van der Waals surface area contributed by atoms with Crippen LogP contribution in [-0.2, 0) is 13.0 Å². The maximum absolute atomic E-state index is 5.46. The van der Waals surface area contributed by atoms with E-state index in [1.165, 1.54) is 0 Å². The van der Waals surface area contributed by atoms with Gasteiger partial charge in [-0.1, -0.05) is 12.0 Å². The molecule has 104 valence electrons. The third kappa shape index (κ3) is 4.60. The van der Waals surface area contributed by atoms with Crippen molar-refractivity contribution in [2.24, 2.45) is 0 Å². The normalized spacial score (nSPS) is 10.8. The van der Waals surface area contributed by atoms with Gasteiger partial charge in [-0.15, -0.1) is 16.4 Å². The van der Waals surface area contributed by atoms with E-state index in [0.717, 1.165) is 36.6 Å². The van der Waals surface area contributed by atoms with Gasteiger partial charge in [0, 0.05) is 24.0 Å². The molecule has 2 N–H and O–H groups in total. The minimum absolute atomic E-state index is 0.474. The zero-order valence-corrected chi connectivity index (χ0v) is 12.1. The minimum atomic E-state index is 0.474. The van der Waals surface area contributed by atoms with Gasteiger partial charge >= 0.3 is 6.01 Å². The van der Waals surface area contributed by atoms with Crippen LogP contribution in [0.3, 0.4) is 0 Å². The van der Waals surface area contributed by atoms with E-state index in [1.807, 2.05) is 6.92 Å². The average molecular weight is 281 g/mol. The van der Waals surface area contributed by atoms with Gasteiger partial charge in [-0.25, -0.2) is 4.98 Å². The largest absolute Gasteiger partial charge is 0.407 e. The first-order valence-electron chi connectivity index (χ1n) is 6.46. The van der Waals surface area contributed by atoms with Gasteiger partial charge in [0.15, 0.2) is 0 Å². The van der Waals surface area contributed by atoms with E-state index in [2.05, 4.69) is 38.1 Å². The fraction of sp³-hybridized carbons (Fsp3) is 0.583. The SMILES string of the molecule is CCCNCc1nnc(NCCc2nc(C)cs2)o1. The summed E-state index contributed by atoms with van der Waals surface area (Å²) in [6.45, 7) is 6.44. The molecule has 19 heavy (non-hydrogen) atoms. The smallest absolute Gasteiger partial charge is 0.315 e. The highest BCUT2D eigenvalue weighted by molar-refractivity contribution is 7.09. The Balaban J connectivity index is 1.71. The topological polar surface area (TPSA) is 75.9 Å². The lowest BCUT2D eigenvalue weighted by Crippen LogP contribution is -2.13. The van der Waals surface area contributed by atoms with E-state index in [1.54, 1.807) is 11.3 Å². The summed E-state index contributed by atoms with van der Waals surface area (Å²) in [6.07, 6.45) is 1.96. The molecule has 2 aromatic heterocycles. The highest BCUT2D eigenvalue weighted by atomic mass is 32.1. The van der Waals surface area contributed by atoms with Crippen LogP contribution >= 0.6 is 11.3 Å². The summed E-state index contributed by atoms with van der Waals surface area (Å²) >= 11 is 1.68. The summed E-state index contributed by atoms with van der Waals surface area (Å²) < 4.78 is 5.46. The summed E-state index contributed by atoms with van der Waals surface area (Å²) in [5, 5.41) is 17.4. The Morgan fingerprint density at radius 3 is 2.95 bits per heavy atom. The second-order valence-corrected chi connectivity index (χ2v) is 5.18. The van der Waals surface area contributed by atoms with Crippen molar-refractivity contribution in [1.82, 2.24) is 20.5 Å². The molecule has 2 rings (SSSR count). The Kier molecular flexibility index (Phi) is 5.29. The van der Waals surface area contributed by atoms with Crippen LogP contribution in [0.4, 0.5) is 6.01 Å². The molecule has 2 aromatic rings. The van der Waals surface area contributed by atoms with Gasteiger partial charge in [0.2, 0.25) is 5.89 Å². The predicted molar refractivity (Wildman–Crippen MR) is 75.3 cm³/mol. The quantitative estimate of drug-likeness (QED) is 0.721. The number of aryl methyl sites for hydroxylation is 1. The fourth-order valence-electron chi connectivity index (χ4n) is 1.56. The lowest BCUT2D eigenvalue weighted by molar-refractivity contribution is 0.477. The first-order chi connectivity index (χ1) is 9.28. The Hall–Kier alpha value is -1.47. The molecular formula is C12H19N5OS. The summed E-state index contributed by atoms with van der Waals surface area (Å²) in [4.78, 5) is 4.40. The second kappa shape index (κ2) is 7.20. The Bertz CT molecular complexity index is 496. The van der Waals surface area contributed by atoms with Crippen molar-refractivity contribution in [3.63, 3.8) is 0 Å². The molecule has 0 aliphatic rings. The van der Waals surface area contributed by atoms with Crippen LogP contribution in [0.5, 0.6) is 0 Å². The van der Waals surface area contributed by atoms with Crippen LogP contribution in [0, 0.1) is 6.92 Å². The molecule has 7 heteroatoms. The Morgan fingerprint density at radius 2 is 2.21 bits per heavy atom. The van der Waals surface area contributed by atoms with Crippen LogP contribution in [-0.4, -0.2) is 28.3 Å². The Labute approximate surface area is 116 Å². The fourth-order valence-corrected chi connectivity index (χ4v) is 2.34. The van der Waals surface area contributed by atoms with E-state index in [-0.39, 0.29) is 0 Å². The van der Waals surface area contributed by atoms with Crippen LogP contribution < -0.4 is 10.6 Å². The van der Waals surface area contributed by atoms with Crippen molar-refractivity contribution in [2.45, 2.75) is 33.2 Å². The average Bonchev–Trinajstić information content (AvgIpc) is 3.00. The van der Waals surface area contributed by atoms with Gasteiger partial charge < -0.3 is 15.1 Å². The summed E-state index contributed by atoms with van der Waals surface area (Å²) in [7, 11) is 0. The van der Waals surface area contributed by atoms with Crippen molar-refractivity contribution in [3.8, 4) is 0 Å². The molecule has 0 spiro atoms.